The lowest BCUT2D eigenvalue weighted by atomic mass is 9.74. The number of aryl methyl sites for hydroxylation is 1. The number of thiophene rings is 1. The summed E-state index contributed by atoms with van der Waals surface area (Å²) in [7, 11) is 0. The van der Waals surface area contributed by atoms with Gasteiger partial charge in [0.15, 0.2) is 0 Å². The molecule has 1 aliphatic heterocycles. The highest BCUT2D eigenvalue weighted by Gasteiger charge is 2.34. The normalized spacial score (nSPS) is 16.2. The summed E-state index contributed by atoms with van der Waals surface area (Å²) in [5.74, 6) is 1.01. The molecule has 0 unspecified atom stereocenters. The van der Waals surface area contributed by atoms with Crippen LogP contribution in [0.4, 0.5) is 0 Å². The van der Waals surface area contributed by atoms with Crippen LogP contribution in [-0.2, 0) is 21.4 Å². The van der Waals surface area contributed by atoms with Crippen LogP contribution < -0.4 is 10.1 Å². The number of amides is 1. The van der Waals surface area contributed by atoms with Gasteiger partial charge in [-0.05, 0) is 55.3 Å². The largest absolute Gasteiger partial charge is 0.494 e. The molecular weight excluding hydrogens is 346 g/mol. The quantitative estimate of drug-likeness (QED) is 0.762. The molecule has 0 aliphatic carbocycles. The van der Waals surface area contributed by atoms with Crippen LogP contribution in [0.15, 0.2) is 41.8 Å². The topological polar surface area (TPSA) is 47.6 Å². The predicted octanol–water partition coefficient (Wildman–Crippen LogP) is 3.94. The Morgan fingerprint density at radius 1 is 1.23 bits per heavy atom. The second kappa shape index (κ2) is 9.19. The van der Waals surface area contributed by atoms with Crippen LogP contribution in [-0.4, -0.2) is 32.3 Å². The Labute approximate surface area is 159 Å². The summed E-state index contributed by atoms with van der Waals surface area (Å²) in [6.07, 6.45) is 3.19. The summed E-state index contributed by atoms with van der Waals surface area (Å²) in [6.45, 7) is 4.78. The fourth-order valence-electron chi connectivity index (χ4n) is 3.45. The van der Waals surface area contributed by atoms with Crippen LogP contribution in [0.25, 0.3) is 0 Å². The first-order chi connectivity index (χ1) is 12.7. The Bertz CT molecular complexity index is 676. The molecule has 140 valence electrons. The molecule has 0 atom stereocenters. The first-order valence-electron chi connectivity index (χ1n) is 9.32. The van der Waals surface area contributed by atoms with E-state index in [1.807, 2.05) is 25.1 Å². The molecule has 0 radical (unpaired) electrons. The van der Waals surface area contributed by atoms with Crippen molar-refractivity contribution in [2.75, 3.05) is 26.4 Å². The SMILES string of the molecule is CCOc1ccc(C2(CNC(=O)CCc3cccs3)CCOCC2)cc1. The molecule has 1 fully saturated rings. The van der Waals surface area contributed by atoms with Crippen molar-refractivity contribution in [3.05, 3.63) is 52.2 Å². The van der Waals surface area contributed by atoms with Crippen LogP contribution >= 0.6 is 11.3 Å². The van der Waals surface area contributed by atoms with Gasteiger partial charge >= 0.3 is 0 Å². The highest BCUT2D eigenvalue weighted by atomic mass is 32.1. The number of hydrogen-bond donors (Lipinski definition) is 1. The highest BCUT2D eigenvalue weighted by Crippen LogP contribution is 2.35. The molecule has 26 heavy (non-hydrogen) atoms. The molecule has 1 amide bonds. The Kier molecular flexibility index (Phi) is 6.69. The average Bonchev–Trinajstić information content (AvgIpc) is 3.20. The first kappa shape index (κ1) is 18.9. The van der Waals surface area contributed by atoms with Crippen molar-refractivity contribution in [1.82, 2.24) is 5.32 Å². The molecule has 1 aromatic carbocycles. The summed E-state index contributed by atoms with van der Waals surface area (Å²) < 4.78 is 11.1. The van der Waals surface area contributed by atoms with Crippen molar-refractivity contribution in [2.24, 2.45) is 0 Å². The lowest BCUT2D eigenvalue weighted by molar-refractivity contribution is -0.121. The fraction of sp³-hybridized carbons (Fsp3) is 0.476. The second-order valence-electron chi connectivity index (χ2n) is 6.71. The van der Waals surface area contributed by atoms with Gasteiger partial charge in [-0.25, -0.2) is 0 Å². The number of rotatable bonds is 8. The molecule has 0 bridgehead atoms. The zero-order chi connectivity index (χ0) is 18.2. The number of nitrogens with one attached hydrogen (secondary N) is 1. The molecule has 1 aliphatic rings. The third-order valence-corrected chi connectivity index (χ3v) is 5.97. The lowest BCUT2D eigenvalue weighted by Crippen LogP contribution is -2.44. The molecule has 1 saturated heterocycles. The van der Waals surface area contributed by atoms with E-state index >= 15 is 0 Å². The molecule has 1 N–H and O–H groups in total. The maximum absolute atomic E-state index is 12.3. The van der Waals surface area contributed by atoms with Crippen molar-refractivity contribution < 1.29 is 14.3 Å². The van der Waals surface area contributed by atoms with Crippen LogP contribution in [0.3, 0.4) is 0 Å². The van der Waals surface area contributed by atoms with Gasteiger partial charge in [0.25, 0.3) is 0 Å². The summed E-state index contributed by atoms with van der Waals surface area (Å²) >= 11 is 1.70. The molecule has 4 nitrogen and oxygen atoms in total. The van der Waals surface area contributed by atoms with Gasteiger partial charge in [-0.2, -0.15) is 0 Å². The molecule has 3 rings (SSSR count). The minimum absolute atomic E-state index is 0.0540. The van der Waals surface area contributed by atoms with Crippen molar-refractivity contribution in [1.29, 1.82) is 0 Å². The van der Waals surface area contributed by atoms with Gasteiger partial charge in [-0.1, -0.05) is 18.2 Å². The Balaban J connectivity index is 1.62. The van der Waals surface area contributed by atoms with E-state index in [9.17, 15) is 4.79 Å². The van der Waals surface area contributed by atoms with Crippen molar-refractivity contribution >= 4 is 17.2 Å². The van der Waals surface area contributed by atoms with Gasteiger partial charge in [0.2, 0.25) is 5.91 Å². The molecular formula is C21H27NO3S. The van der Waals surface area contributed by atoms with Crippen LogP contribution in [0.2, 0.25) is 0 Å². The average molecular weight is 374 g/mol. The summed E-state index contributed by atoms with van der Waals surface area (Å²) in [6, 6.07) is 12.4. The molecule has 5 heteroatoms. The molecule has 0 saturated carbocycles. The Morgan fingerprint density at radius 3 is 2.65 bits per heavy atom. The third-order valence-electron chi connectivity index (χ3n) is 5.03. The highest BCUT2D eigenvalue weighted by molar-refractivity contribution is 7.09. The molecule has 2 heterocycles. The van der Waals surface area contributed by atoms with Crippen molar-refractivity contribution in [2.45, 2.75) is 38.0 Å². The van der Waals surface area contributed by atoms with E-state index in [-0.39, 0.29) is 11.3 Å². The van der Waals surface area contributed by atoms with Gasteiger partial charge in [0, 0.05) is 36.5 Å². The van der Waals surface area contributed by atoms with Gasteiger partial charge in [0.05, 0.1) is 6.61 Å². The van der Waals surface area contributed by atoms with Gasteiger partial charge in [-0.3, -0.25) is 4.79 Å². The summed E-state index contributed by atoms with van der Waals surface area (Å²) in [5.41, 5.74) is 1.20. The number of hydrogen-bond acceptors (Lipinski definition) is 4. The summed E-state index contributed by atoms with van der Waals surface area (Å²) in [4.78, 5) is 13.6. The van der Waals surface area contributed by atoms with E-state index in [1.54, 1.807) is 11.3 Å². The van der Waals surface area contributed by atoms with E-state index in [0.29, 0.717) is 19.6 Å². The smallest absolute Gasteiger partial charge is 0.220 e. The Morgan fingerprint density at radius 2 is 2.00 bits per heavy atom. The van der Waals surface area contributed by atoms with Crippen molar-refractivity contribution in [3.8, 4) is 5.75 Å². The zero-order valence-electron chi connectivity index (χ0n) is 15.3. The lowest BCUT2D eigenvalue weighted by Gasteiger charge is -2.38. The van der Waals surface area contributed by atoms with Crippen LogP contribution in [0.5, 0.6) is 5.75 Å². The number of carbonyl (C=O) groups excluding carboxylic acids is 1. The maximum Gasteiger partial charge on any atom is 0.220 e. The standard InChI is InChI=1S/C21H27NO3S/c1-2-25-18-7-5-17(6-8-18)21(11-13-24-14-12-21)16-22-20(23)10-9-19-4-3-15-26-19/h3-8,15H,2,9-14,16H2,1H3,(H,22,23). The minimum Gasteiger partial charge on any atom is -0.494 e. The number of benzene rings is 1. The molecule has 1 aromatic heterocycles. The summed E-state index contributed by atoms with van der Waals surface area (Å²) in [5, 5.41) is 5.22. The van der Waals surface area contributed by atoms with E-state index in [1.165, 1.54) is 10.4 Å². The Hall–Kier alpha value is -1.85. The molecule has 0 spiro atoms. The van der Waals surface area contributed by atoms with E-state index in [0.717, 1.165) is 38.2 Å². The second-order valence-corrected chi connectivity index (χ2v) is 7.74. The first-order valence-corrected chi connectivity index (χ1v) is 10.2. The maximum atomic E-state index is 12.3. The molecule has 2 aromatic rings. The number of carbonyl (C=O) groups is 1. The van der Waals surface area contributed by atoms with Gasteiger partial charge in [0.1, 0.15) is 5.75 Å². The van der Waals surface area contributed by atoms with Gasteiger partial charge < -0.3 is 14.8 Å². The van der Waals surface area contributed by atoms with Crippen LogP contribution in [0.1, 0.15) is 36.6 Å². The zero-order valence-corrected chi connectivity index (χ0v) is 16.1. The monoisotopic (exact) mass is 373 g/mol. The van der Waals surface area contributed by atoms with Crippen molar-refractivity contribution in [3.63, 3.8) is 0 Å². The minimum atomic E-state index is -0.0540. The van der Waals surface area contributed by atoms with Crippen LogP contribution in [0, 0.1) is 0 Å². The fourth-order valence-corrected chi connectivity index (χ4v) is 4.16. The van der Waals surface area contributed by atoms with E-state index in [4.69, 9.17) is 9.47 Å². The van der Waals surface area contributed by atoms with E-state index in [2.05, 4.69) is 28.9 Å². The number of ether oxygens (including phenoxy) is 2. The third kappa shape index (κ3) is 4.86. The van der Waals surface area contributed by atoms with E-state index < -0.39 is 0 Å². The predicted molar refractivity (Wildman–Crippen MR) is 105 cm³/mol. The van der Waals surface area contributed by atoms with Gasteiger partial charge in [-0.15, -0.1) is 11.3 Å².